The van der Waals surface area contributed by atoms with Crippen LogP contribution in [0.5, 0.6) is 0 Å². The third-order valence-corrected chi connectivity index (χ3v) is 8.62. The van der Waals surface area contributed by atoms with Crippen LogP contribution in [0.3, 0.4) is 0 Å². The lowest BCUT2D eigenvalue weighted by Crippen LogP contribution is -2.61. The fourth-order valence-electron chi connectivity index (χ4n) is 5.14. The van der Waals surface area contributed by atoms with Gasteiger partial charge < -0.3 is 31.9 Å². The molecule has 2 aromatic rings. The van der Waals surface area contributed by atoms with E-state index >= 15 is 0 Å². The summed E-state index contributed by atoms with van der Waals surface area (Å²) in [7, 11) is 0. The van der Waals surface area contributed by atoms with Gasteiger partial charge in [-0.1, -0.05) is 95.1 Å². The number of imide groups is 2. The molecular weight excluding hydrogens is 656 g/mol. The van der Waals surface area contributed by atoms with E-state index in [1.54, 1.807) is 26.0 Å². The van der Waals surface area contributed by atoms with Gasteiger partial charge in [0, 0.05) is 18.4 Å². The largest absolute Gasteiger partial charge is 0.444 e. The number of hydrogen-bond acceptors (Lipinski definition) is 10. The number of amides is 6. The minimum atomic E-state index is -1.45. The minimum Gasteiger partial charge on any atom is -0.444 e. The first-order valence-corrected chi connectivity index (χ1v) is 17.2. The fraction of sp³-hybridized carbons (Fsp3) is 0.514. The Morgan fingerprint density at radius 3 is 2.10 bits per heavy atom. The SMILES string of the molecule is CCCCCC(=O)NC(=O)C(NC(=O)C(N)C(C)(CO)CNC(=O)[C@H](C)N(C(=O)OCc1ccccc1-c1ccccc1)C(=O)[C@H](C)N)C(C)C. The third kappa shape index (κ3) is 12.3. The highest BCUT2D eigenvalue weighted by Gasteiger charge is 2.40. The zero-order valence-corrected chi connectivity index (χ0v) is 30.4. The molecule has 0 aliphatic heterocycles. The van der Waals surface area contributed by atoms with E-state index in [0.717, 1.165) is 24.0 Å². The maximum absolute atomic E-state index is 13.4. The van der Waals surface area contributed by atoms with E-state index in [9.17, 15) is 33.9 Å². The standard InChI is InChI=1S/C37H54N6O8/c1-7-8-10-19-29(45)41-33(47)30(23(2)3)42-34(48)31(39)37(6,22-44)21-40-32(46)25(5)43(35(49)24(4)38)36(50)51-20-27-17-13-14-18-28(27)26-15-11-9-12-16-26/h9,11-18,23-25,30-31,44H,7-8,10,19-22,38-39H2,1-6H3,(H,40,46)(H,42,48)(H,41,45,47)/t24-,25-,30?,31?,37?/m0/s1. The van der Waals surface area contributed by atoms with Crippen molar-refractivity contribution in [1.82, 2.24) is 20.9 Å². The molecule has 14 heteroatoms. The Labute approximate surface area is 300 Å². The number of hydrogen-bond donors (Lipinski definition) is 6. The van der Waals surface area contributed by atoms with Gasteiger partial charge in [0.1, 0.15) is 18.7 Å². The van der Waals surface area contributed by atoms with Gasteiger partial charge in [-0.2, -0.15) is 0 Å². The normalized spacial score (nSPS) is 14.6. The number of benzene rings is 2. The monoisotopic (exact) mass is 710 g/mol. The van der Waals surface area contributed by atoms with E-state index in [4.69, 9.17) is 16.2 Å². The lowest BCUT2D eigenvalue weighted by Gasteiger charge is -2.35. The number of nitrogens with two attached hydrogens (primary N) is 2. The predicted octanol–water partition coefficient (Wildman–Crippen LogP) is 2.36. The van der Waals surface area contributed by atoms with Gasteiger partial charge in [0.2, 0.25) is 29.5 Å². The lowest BCUT2D eigenvalue weighted by atomic mass is 9.82. The van der Waals surface area contributed by atoms with Crippen molar-refractivity contribution in [2.45, 2.75) is 98.0 Å². The molecule has 0 aliphatic rings. The quantitative estimate of drug-likeness (QED) is 0.124. The number of unbranched alkanes of at least 4 members (excludes halogenated alkanes) is 2. The summed E-state index contributed by atoms with van der Waals surface area (Å²) in [5, 5.41) is 17.7. The van der Waals surface area contributed by atoms with E-state index in [0.29, 0.717) is 16.9 Å². The molecule has 0 saturated carbocycles. The van der Waals surface area contributed by atoms with Crippen molar-refractivity contribution in [3.63, 3.8) is 0 Å². The van der Waals surface area contributed by atoms with Gasteiger partial charge in [-0.3, -0.25) is 29.3 Å². The molecule has 5 atom stereocenters. The molecule has 0 bridgehead atoms. The Morgan fingerprint density at radius 2 is 1.51 bits per heavy atom. The zero-order chi connectivity index (χ0) is 38.3. The third-order valence-electron chi connectivity index (χ3n) is 8.62. The van der Waals surface area contributed by atoms with Crippen molar-refractivity contribution in [2.24, 2.45) is 22.8 Å². The summed E-state index contributed by atoms with van der Waals surface area (Å²) in [4.78, 5) is 78.8. The molecule has 3 unspecified atom stereocenters. The van der Waals surface area contributed by atoms with E-state index < -0.39 is 77.7 Å². The Bertz CT molecular complexity index is 1500. The van der Waals surface area contributed by atoms with Gasteiger partial charge in [-0.05, 0) is 42.9 Å². The molecule has 0 aliphatic carbocycles. The molecule has 14 nitrogen and oxygen atoms in total. The molecule has 2 aromatic carbocycles. The van der Waals surface area contributed by atoms with Crippen molar-refractivity contribution in [3.05, 3.63) is 60.2 Å². The van der Waals surface area contributed by atoms with Crippen LogP contribution in [0.15, 0.2) is 54.6 Å². The Hall–Kier alpha value is -4.66. The molecule has 6 amide bonds. The second kappa shape index (κ2) is 20.3. The van der Waals surface area contributed by atoms with E-state index in [1.165, 1.54) is 20.8 Å². The molecule has 2 rings (SSSR count). The first-order valence-electron chi connectivity index (χ1n) is 17.2. The summed E-state index contributed by atoms with van der Waals surface area (Å²) >= 11 is 0. The van der Waals surface area contributed by atoms with E-state index in [1.807, 2.05) is 49.4 Å². The van der Waals surface area contributed by atoms with Crippen molar-refractivity contribution >= 4 is 35.6 Å². The molecule has 0 heterocycles. The summed E-state index contributed by atoms with van der Waals surface area (Å²) in [5.41, 5.74) is 13.0. The smallest absolute Gasteiger partial charge is 0.417 e. The highest BCUT2D eigenvalue weighted by atomic mass is 16.6. The molecule has 280 valence electrons. The number of ether oxygens (including phenoxy) is 1. The highest BCUT2D eigenvalue weighted by Crippen LogP contribution is 2.25. The average molecular weight is 711 g/mol. The first-order chi connectivity index (χ1) is 24.1. The summed E-state index contributed by atoms with van der Waals surface area (Å²) < 4.78 is 5.52. The first kappa shape index (κ1) is 42.5. The molecule has 51 heavy (non-hydrogen) atoms. The number of aliphatic hydroxyl groups excluding tert-OH is 1. The van der Waals surface area contributed by atoms with Crippen molar-refractivity contribution in [2.75, 3.05) is 13.2 Å². The zero-order valence-electron chi connectivity index (χ0n) is 30.4. The molecule has 0 saturated heterocycles. The van der Waals surface area contributed by atoms with E-state index in [-0.39, 0.29) is 19.6 Å². The lowest BCUT2D eigenvalue weighted by molar-refractivity contribution is -0.139. The van der Waals surface area contributed by atoms with Crippen molar-refractivity contribution in [3.8, 4) is 11.1 Å². The van der Waals surface area contributed by atoms with Crippen LogP contribution >= 0.6 is 0 Å². The Morgan fingerprint density at radius 1 is 0.882 bits per heavy atom. The van der Waals surface area contributed by atoms with E-state index in [2.05, 4.69) is 16.0 Å². The van der Waals surface area contributed by atoms with Gasteiger partial charge in [-0.25, -0.2) is 9.69 Å². The Balaban J connectivity index is 2.13. The molecule has 0 radical (unpaired) electrons. The van der Waals surface area contributed by atoms with Crippen LogP contribution in [-0.2, 0) is 35.3 Å². The number of aliphatic hydroxyl groups is 1. The second-order valence-electron chi connectivity index (χ2n) is 13.4. The molecule has 0 aromatic heterocycles. The van der Waals surface area contributed by atoms with Crippen LogP contribution in [0.2, 0.25) is 0 Å². The number of nitrogens with one attached hydrogen (secondary N) is 3. The molecule has 0 spiro atoms. The number of carbonyl (C=O) groups is 6. The summed E-state index contributed by atoms with van der Waals surface area (Å²) in [6.07, 6.45) is 1.45. The van der Waals surface area contributed by atoms with Gasteiger partial charge in [0.15, 0.2) is 0 Å². The second-order valence-corrected chi connectivity index (χ2v) is 13.4. The van der Waals surface area contributed by atoms with Crippen LogP contribution in [-0.4, -0.2) is 83.0 Å². The number of nitrogens with zero attached hydrogens (tertiary/aromatic N) is 1. The van der Waals surface area contributed by atoms with Crippen LogP contribution in [0.4, 0.5) is 4.79 Å². The summed E-state index contributed by atoms with van der Waals surface area (Å²) in [6.45, 7) is 8.29. The minimum absolute atomic E-state index is 0.172. The summed E-state index contributed by atoms with van der Waals surface area (Å²) in [5.74, 6) is -4.01. The van der Waals surface area contributed by atoms with Crippen molar-refractivity contribution in [1.29, 1.82) is 0 Å². The van der Waals surface area contributed by atoms with Crippen LogP contribution in [0, 0.1) is 11.3 Å². The van der Waals surface area contributed by atoms with Gasteiger partial charge in [0.25, 0.3) is 0 Å². The topological polar surface area (TPSA) is 223 Å². The molecule has 0 fully saturated rings. The predicted molar refractivity (Wildman–Crippen MR) is 192 cm³/mol. The fourth-order valence-corrected chi connectivity index (χ4v) is 5.14. The maximum atomic E-state index is 13.4. The maximum Gasteiger partial charge on any atom is 0.417 e. The molecular formula is C37H54N6O8. The highest BCUT2D eigenvalue weighted by molar-refractivity contribution is 6.00. The van der Waals surface area contributed by atoms with Gasteiger partial charge in [-0.15, -0.1) is 0 Å². The average Bonchev–Trinajstić information content (AvgIpc) is 3.11. The molecule has 8 N–H and O–H groups in total. The van der Waals surface area contributed by atoms with Gasteiger partial charge >= 0.3 is 6.09 Å². The van der Waals surface area contributed by atoms with Gasteiger partial charge in [0.05, 0.1) is 18.7 Å². The summed E-state index contributed by atoms with van der Waals surface area (Å²) in [6, 6.07) is 11.7. The van der Waals surface area contributed by atoms with Crippen LogP contribution < -0.4 is 27.4 Å². The van der Waals surface area contributed by atoms with Crippen LogP contribution in [0.25, 0.3) is 11.1 Å². The van der Waals surface area contributed by atoms with Crippen molar-refractivity contribution < 1.29 is 38.6 Å². The van der Waals surface area contributed by atoms with Crippen LogP contribution in [0.1, 0.15) is 72.8 Å². The number of carbonyl (C=O) groups excluding carboxylic acids is 6. The Kier molecular flexibility index (Phi) is 16.9. The number of rotatable bonds is 18.